The molecule has 0 bridgehead atoms. The van der Waals surface area contributed by atoms with Gasteiger partial charge in [-0.25, -0.2) is 4.98 Å². The normalized spacial score (nSPS) is 11.4. The molecule has 0 amide bonds. The van der Waals surface area contributed by atoms with E-state index in [1.54, 1.807) is 0 Å². The summed E-state index contributed by atoms with van der Waals surface area (Å²) in [5.41, 5.74) is 17.9. The fourth-order valence-electron chi connectivity index (χ4n) is 8.81. The standard InChI is InChI=1S/C57H42N4/c1-39-23-29-47(30-24-39)59(48-31-25-40(2)26-32-48)49-33-27-41(28-34-49)43-35-44(37-45(36-43)57-58-53-19-8-11-22-56(53)61(57)46-14-4-3-5-15-46)42-13-12-16-50(38-42)60-54-20-9-6-17-51(54)52-18-7-10-21-55(52)60/h3-38H,1-2H3. The zero-order valence-electron chi connectivity index (χ0n) is 34.1. The molecule has 0 saturated heterocycles. The first kappa shape index (κ1) is 36.2. The van der Waals surface area contributed by atoms with E-state index in [1.807, 2.05) is 0 Å². The van der Waals surface area contributed by atoms with Crippen LogP contribution in [0.1, 0.15) is 11.1 Å². The Morgan fingerprint density at radius 3 is 1.46 bits per heavy atom. The summed E-state index contributed by atoms with van der Waals surface area (Å²) < 4.78 is 4.68. The van der Waals surface area contributed by atoms with E-state index in [9.17, 15) is 0 Å². The molecule has 0 aliphatic carbocycles. The highest BCUT2D eigenvalue weighted by Crippen LogP contribution is 2.40. The Hall–Kier alpha value is -7.95. The van der Waals surface area contributed by atoms with Crippen molar-refractivity contribution in [1.82, 2.24) is 14.1 Å². The second kappa shape index (κ2) is 15.0. The number of fused-ring (bicyclic) bond motifs is 4. The topological polar surface area (TPSA) is 26.0 Å². The van der Waals surface area contributed by atoms with Crippen LogP contribution in [-0.2, 0) is 0 Å². The van der Waals surface area contributed by atoms with Gasteiger partial charge in [0.05, 0.1) is 22.1 Å². The molecule has 0 saturated carbocycles. The fourth-order valence-corrected chi connectivity index (χ4v) is 8.81. The molecule has 11 rings (SSSR count). The van der Waals surface area contributed by atoms with Gasteiger partial charge in [0.25, 0.3) is 0 Å². The van der Waals surface area contributed by atoms with Crippen molar-refractivity contribution in [2.24, 2.45) is 0 Å². The van der Waals surface area contributed by atoms with E-state index in [4.69, 9.17) is 4.98 Å². The van der Waals surface area contributed by atoms with Gasteiger partial charge in [0.15, 0.2) is 0 Å². The molecule has 0 fully saturated rings. The molecule has 0 N–H and O–H groups in total. The quantitative estimate of drug-likeness (QED) is 0.153. The summed E-state index contributed by atoms with van der Waals surface area (Å²) in [6, 6.07) is 78.7. The van der Waals surface area contributed by atoms with Crippen molar-refractivity contribution < 1.29 is 0 Å². The maximum absolute atomic E-state index is 5.32. The van der Waals surface area contributed by atoms with E-state index in [1.165, 1.54) is 32.9 Å². The van der Waals surface area contributed by atoms with Crippen LogP contribution in [0.4, 0.5) is 17.1 Å². The number of para-hydroxylation sites is 5. The van der Waals surface area contributed by atoms with Gasteiger partial charge in [0.1, 0.15) is 5.82 Å². The van der Waals surface area contributed by atoms with Gasteiger partial charge < -0.3 is 9.47 Å². The molecule has 61 heavy (non-hydrogen) atoms. The van der Waals surface area contributed by atoms with Crippen LogP contribution in [0.2, 0.25) is 0 Å². The molecule has 0 spiro atoms. The third-order valence-corrected chi connectivity index (χ3v) is 11.8. The number of aryl methyl sites for hydroxylation is 2. The van der Waals surface area contributed by atoms with Crippen molar-refractivity contribution in [1.29, 1.82) is 0 Å². The summed E-state index contributed by atoms with van der Waals surface area (Å²) >= 11 is 0. The average Bonchev–Trinajstić information content (AvgIpc) is 3.88. The fraction of sp³-hybridized carbons (Fsp3) is 0.0351. The summed E-state index contributed by atoms with van der Waals surface area (Å²) in [5, 5.41) is 2.50. The van der Waals surface area contributed by atoms with Crippen LogP contribution in [0.25, 0.3) is 77.9 Å². The summed E-state index contributed by atoms with van der Waals surface area (Å²) in [6.07, 6.45) is 0. The molecule has 0 atom stereocenters. The first-order valence-electron chi connectivity index (χ1n) is 20.9. The summed E-state index contributed by atoms with van der Waals surface area (Å²) in [4.78, 5) is 7.65. The predicted molar refractivity (Wildman–Crippen MR) is 256 cm³/mol. The lowest BCUT2D eigenvalue weighted by Gasteiger charge is -2.26. The molecule has 0 aliphatic heterocycles. The average molecular weight is 783 g/mol. The molecule has 2 aromatic heterocycles. The van der Waals surface area contributed by atoms with E-state index in [0.29, 0.717) is 0 Å². The van der Waals surface area contributed by atoms with Gasteiger partial charge in [-0.05, 0) is 139 Å². The number of hydrogen-bond donors (Lipinski definition) is 0. The second-order valence-corrected chi connectivity index (χ2v) is 15.9. The van der Waals surface area contributed by atoms with Crippen LogP contribution in [0, 0.1) is 13.8 Å². The molecule has 4 heteroatoms. The zero-order valence-corrected chi connectivity index (χ0v) is 34.1. The van der Waals surface area contributed by atoms with E-state index in [2.05, 4.69) is 246 Å². The van der Waals surface area contributed by atoms with Gasteiger partial charge in [-0.1, -0.05) is 126 Å². The van der Waals surface area contributed by atoms with Crippen molar-refractivity contribution in [3.8, 4) is 45.0 Å². The van der Waals surface area contributed by atoms with E-state index in [0.717, 1.165) is 73.1 Å². The molecule has 0 radical (unpaired) electrons. The third kappa shape index (κ3) is 6.55. The largest absolute Gasteiger partial charge is 0.311 e. The Labute approximate surface area is 355 Å². The zero-order chi connectivity index (χ0) is 40.9. The van der Waals surface area contributed by atoms with E-state index in [-0.39, 0.29) is 0 Å². The minimum atomic E-state index is 0.899. The van der Waals surface area contributed by atoms with Crippen LogP contribution in [0.15, 0.2) is 218 Å². The monoisotopic (exact) mass is 782 g/mol. The molecular formula is C57H42N4. The molecule has 290 valence electrons. The van der Waals surface area contributed by atoms with Crippen LogP contribution in [0.3, 0.4) is 0 Å². The second-order valence-electron chi connectivity index (χ2n) is 15.9. The van der Waals surface area contributed by atoms with Crippen LogP contribution >= 0.6 is 0 Å². The maximum Gasteiger partial charge on any atom is 0.145 e. The van der Waals surface area contributed by atoms with Crippen molar-refractivity contribution in [3.05, 3.63) is 230 Å². The highest BCUT2D eigenvalue weighted by atomic mass is 15.1. The van der Waals surface area contributed by atoms with Crippen LogP contribution in [0.5, 0.6) is 0 Å². The molecule has 0 unspecified atom stereocenters. The smallest absolute Gasteiger partial charge is 0.145 e. The summed E-state index contributed by atoms with van der Waals surface area (Å²) in [7, 11) is 0. The Balaban J connectivity index is 1.09. The summed E-state index contributed by atoms with van der Waals surface area (Å²) in [6.45, 7) is 4.26. The molecule has 0 aliphatic rings. The highest BCUT2D eigenvalue weighted by molar-refractivity contribution is 6.09. The number of benzene rings is 9. The molecule has 2 heterocycles. The number of nitrogens with zero attached hydrogens (tertiary/aromatic N) is 4. The van der Waals surface area contributed by atoms with Crippen LogP contribution in [-0.4, -0.2) is 14.1 Å². The van der Waals surface area contributed by atoms with Gasteiger partial charge in [-0.15, -0.1) is 0 Å². The van der Waals surface area contributed by atoms with Crippen molar-refractivity contribution in [2.75, 3.05) is 4.90 Å². The number of aromatic nitrogens is 3. The molecule has 9 aromatic carbocycles. The SMILES string of the molecule is Cc1ccc(N(c2ccc(C)cc2)c2ccc(-c3cc(-c4cccc(-n5c6ccccc6c6ccccc65)c4)cc(-c4nc5ccccc5n4-c4ccccc4)c3)cc2)cc1. The highest BCUT2D eigenvalue weighted by Gasteiger charge is 2.19. The van der Waals surface area contributed by atoms with Gasteiger partial charge in [-0.3, -0.25) is 4.57 Å². The van der Waals surface area contributed by atoms with Crippen molar-refractivity contribution in [3.63, 3.8) is 0 Å². The van der Waals surface area contributed by atoms with Gasteiger partial charge >= 0.3 is 0 Å². The lowest BCUT2D eigenvalue weighted by atomic mass is 9.95. The predicted octanol–water partition coefficient (Wildman–Crippen LogP) is 15.2. The van der Waals surface area contributed by atoms with Gasteiger partial charge in [0.2, 0.25) is 0 Å². The molecular weight excluding hydrogens is 741 g/mol. The van der Waals surface area contributed by atoms with Gasteiger partial charge in [0, 0.05) is 44.8 Å². The Bertz CT molecular complexity index is 3260. The summed E-state index contributed by atoms with van der Waals surface area (Å²) in [5.74, 6) is 0.899. The number of anilines is 3. The number of rotatable bonds is 8. The molecule has 11 aromatic rings. The van der Waals surface area contributed by atoms with Gasteiger partial charge in [-0.2, -0.15) is 0 Å². The minimum absolute atomic E-state index is 0.899. The Morgan fingerprint density at radius 2 is 0.836 bits per heavy atom. The number of hydrogen-bond acceptors (Lipinski definition) is 2. The van der Waals surface area contributed by atoms with Crippen molar-refractivity contribution >= 4 is 49.9 Å². The van der Waals surface area contributed by atoms with E-state index < -0.39 is 0 Å². The minimum Gasteiger partial charge on any atom is -0.311 e. The Morgan fingerprint density at radius 1 is 0.344 bits per heavy atom. The third-order valence-electron chi connectivity index (χ3n) is 11.8. The molecule has 4 nitrogen and oxygen atoms in total. The first-order valence-corrected chi connectivity index (χ1v) is 20.9. The number of imidazole rings is 1. The van der Waals surface area contributed by atoms with E-state index >= 15 is 0 Å². The maximum atomic E-state index is 5.32. The first-order chi connectivity index (χ1) is 30.1. The Kier molecular flexibility index (Phi) is 8.90. The lowest BCUT2D eigenvalue weighted by molar-refractivity contribution is 1.10. The van der Waals surface area contributed by atoms with Crippen molar-refractivity contribution in [2.45, 2.75) is 13.8 Å². The van der Waals surface area contributed by atoms with Crippen LogP contribution < -0.4 is 4.90 Å². The lowest BCUT2D eigenvalue weighted by Crippen LogP contribution is -2.09.